The van der Waals surface area contributed by atoms with Gasteiger partial charge in [0.2, 0.25) is 0 Å². The Labute approximate surface area is 113 Å². The topological polar surface area (TPSA) is 20.2 Å². The van der Waals surface area contributed by atoms with Crippen molar-refractivity contribution < 1.29 is 31.4 Å². The maximum atomic E-state index is 13.0. The summed E-state index contributed by atoms with van der Waals surface area (Å²) in [7, 11) is 0. The third-order valence-corrected chi connectivity index (χ3v) is 4.98. The molecule has 7 heteroatoms. The molecule has 20 heavy (non-hydrogen) atoms. The zero-order valence-corrected chi connectivity index (χ0v) is 10.9. The SMILES string of the molecule is OC(C1CCCC2CCCCC21)(C(F)(F)F)C(F)(F)F. The van der Waals surface area contributed by atoms with Crippen molar-refractivity contribution in [2.24, 2.45) is 17.8 Å². The molecule has 0 aliphatic heterocycles. The van der Waals surface area contributed by atoms with Crippen LogP contribution in [0.25, 0.3) is 0 Å². The fourth-order valence-electron chi connectivity index (χ4n) is 4.04. The number of rotatable bonds is 1. The van der Waals surface area contributed by atoms with E-state index in [-0.39, 0.29) is 12.3 Å². The normalized spacial score (nSPS) is 32.9. The van der Waals surface area contributed by atoms with Crippen molar-refractivity contribution in [3.8, 4) is 0 Å². The summed E-state index contributed by atoms with van der Waals surface area (Å²) >= 11 is 0. The van der Waals surface area contributed by atoms with E-state index in [0.717, 1.165) is 6.42 Å². The maximum Gasteiger partial charge on any atom is 0.426 e. The van der Waals surface area contributed by atoms with Gasteiger partial charge in [0, 0.05) is 5.92 Å². The van der Waals surface area contributed by atoms with Crippen molar-refractivity contribution in [3.63, 3.8) is 0 Å². The molecule has 0 bridgehead atoms. The second kappa shape index (κ2) is 5.07. The molecular formula is C13H18F6O. The molecule has 2 aliphatic rings. The number of hydrogen-bond acceptors (Lipinski definition) is 1. The molecule has 0 heterocycles. The molecule has 2 rings (SSSR count). The minimum absolute atomic E-state index is 0.112. The first-order chi connectivity index (χ1) is 9.09. The van der Waals surface area contributed by atoms with Gasteiger partial charge in [-0.05, 0) is 24.7 Å². The lowest BCUT2D eigenvalue weighted by Crippen LogP contribution is -2.64. The van der Waals surface area contributed by atoms with Crippen molar-refractivity contribution >= 4 is 0 Å². The van der Waals surface area contributed by atoms with Gasteiger partial charge in [0.05, 0.1) is 0 Å². The van der Waals surface area contributed by atoms with Crippen LogP contribution in [-0.2, 0) is 0 Å². The first-order valence-corrected chi connectivity index (χ1v) is 6.95. The average Bonchev–Trinajstić information content (AvgIpc) is 2.34. The number of hydrogen-bond donors (Lipinski definition) is 1. The first kappa shape index (κ1) is 15.9. The van der Waals surface area contributed by atoms with Crippen LogP contribution >= 0.6 is 0 Å². The van der Waals surface area contributed by atoms with Gasteiger partial charge in [-0.2, -0.15) is 26.3 Å². The van der Waals surface area contributed by atoms with Crippen LogP contribution in [0.2, 0.25) is 0 Å². The summed E-state index contributed by atoms with van der Waals surface area (Å²) in [6, 6.07) is 0. The van der Waals surface area contributed by atoms with Crippen LogP contribution in [0.15, 0.2) is 0 Å². The maximum absolute atomic E-state index is 13.0. The first-order valence-electron chi connectivity index (χ1n) is 6.95. The Morgan fingerprint density at radius 3 is 1.75 bits per heavy atom. The summed E-state index contributed by atoms with van der Waals surface area (Å²) in [6.07, 6.45) is -8.07. The van der Waals surface area contributed by atoms with Gasteiger partial charge in [-0.25, -0.2) is 0 Å². The van der Waals surface area contributed by atoms with E-state index < -0.39 is 29.8 Å². The summed E-state index contributed by atoms with van der Waals surface area (Å²) in [6.45, 7) is 0. The third kappa shape index (κ3) is 2.42. The average molecular weight is 304 g/mol. The summed E-state index contributed by atoms with van der Waals surface area (Å²) in [5.74, 6) is -2.55. The monoisotopic (exact) mass is 304 g/mol. The molecule has 0 aromatic rings. The Balaban J connectivity index is 2.38. The third-order valence-electron chi connectivity index (χ3n) is 4.98. The number of alkyl halides is 6. The second-order valence-electron chi connectivity index (χ2n) is 6.01. The smallest absolute Gasteiger partial charge is 0.373 e. The van der Waals surface area contributed by atoms with Crippen molar-refractivity contribution in [1.29, 1.82) is 0 Å². The molecule has 0 spiro atoms. The zero-order valence-electron chi connectivity index (χ0n) is 10.9. The van der Waals surface area contributed by atoms with Gasteiger partial charge < -0.3 is 5.11 Å². The standard InChI is InChI=1S/C13H18F6O/c14-12(15,16)11(20,13(17,18)19)10-7-3-5-8-4-1-2-6-9(8)10/h8-10,20H,1-7H2. The lowest BCUT2D eigenvalue weighted by molar-refractivity contribution is -0.393. The molecule has 1 N–H and O–H groups in total. The summed E-state index contributed by atoms with van der Waals surface area (Å²) in [5.41, 5.74) is -4.57. The Morgan fingerprint density at radius 2 is 1.20 bits per heavy atom. The molecular weight excluding hydrogens is 286 g/mol. The van der Waals surface area contributed by atoms with Crippen LogP contribution < -0.4 is 0 Å². The summed E-state index contributed by atoms with van der Waals surface area (Å²) < 4.78 is 77.8. The molecule has 0 saturated heterocycles. The zero-order chi connectivity index (χ0) is 15.2. The molecule has 0 aromatic heterocycles. The van der Waals surface area contributed by atoms with E-state index in [2.05, 4.69) is 0 Å². The molecule has 2 saturated carbocycles. The van der Waals surface area contributed by atoms with Crippen LogP contribution in [0.4, 0.5) is 26.3 Å². The predicted octanol–water partition coefficient (Wildman–Crippen LogP) is 4.45. The molecule has 2 fully saturated rings. The number of fused-ring (bicyclic) bond motifs is 1. The molecule has 1 nitrogen and oxygen atoms in total. The highest BCUT2D eigenvalue weighted by atomic mass is 19.4. The molecule has 0 radical (unpaired) electrons. The van der Waals surface area contributed by atoms with E-state index in [0.29, 0.717) is 32.1 Å². The van der Waals surface area contributed by atoms with E-state index in [1.807, 2.05) is 0 Å². The van der Waals surface area contributed by atoms with Crippen LogP contribution in [0.5, 0.6) is 0 Å². The van der Waals surface area contributed by atoms with Crippen molar-refractivity contribution in [3.05, 3.63) is 0 Å². The van der Waals surface area contributed by atoms with Gasteiger partial charge in [0.15, 0.2) is 0 Å². The summed E-state index contributed by atoms with van der Waals surface area (Å²) in [5, 5.41) is 9.60. The van der Waals surface area contributed by atoms with E-state index in [1.54, 1.807) is 0 Å². The van der Waals surface area contributed by atoms with Gasteiger partial charge in [-0.15, -0.1) is 0 Å². The van der Waals surface area contributed by atoms with Crippen LogP contribution in [-0.4, -0.2) is 23.1 Å². The Hall–Kier alpha value is -0.460. The molecule has 3 unspecified atom stereocenters. The highest BCUT2D eigenvalue weighted by Crippen LogP contribution is 2.56. The second-order valence-corrected chi connectivity index (χ2v) is 6.01. The van der Waals surface area contributed by atoms with Crippen LogP contribution in [0, 0.1) is 17.8 Å². The van der Waals surface area contributed by atoms with E-state index >= 15 is 0 Å². The van der Waals surface area contributed by atoms with E-state index in [4.69, 9.17) is 0 Å². The Kier molecular flexibility index (Phi) is 4.04. The van der Waals surface area contributed by atoms with Crippen molar-refractivity contribution in [2.75, 3.05) is 0 Å². The minimum atomic E-state index is -5.69. The van der Waals surface area contributed by atoms with Gasteiger partial charge in [-0.3, -0.25) is 0 Å². The Bertz CT molecular complexity index is 332. The lowest BCUT2D eigenvalue weighted by atomic mass is 9.60. The lowest BCUT2D eigenvalue weighted by Gasteiger charge is -2.49. The van der Waals surface area contributed by atoms with Crippen molar-refractivity contribution in [1.82, 2.24) is 0 Å². The molecule has 118 valence electrons. The quantitative estimate of drug-likeness (QED) is 0.710. The largest absolute Gasteiger partial charge is 0.426 e. The molecule has 3 atom stereocenters. The van der Waals surface area contributed by atoms with Crippen LogP contribution in [0.3, 0.4) is 0 Å². The van der Waals surface area contributed by atoms with Gasteiger partial charge in [0.1, 0.15) is 0 Å². The van der Waals surface area contributed by atoms with E-state index in [1.165, 1.54) is 0 Å². The predicted molar refractivity (Wildman–Crippen MR) is 59.8 cm³/mol. The van der Waals surface area contributed by atoms with Gasteiger partial charge in [0.25, 0.3) is 5.60 Å². The minimum Gasteiger partial charge on any atom is -0.373 e. The van der Waals surface area contributed by atoms with Crippen LogP contribution in [0.1, 0.15) is 44.9 Å². The molecule has 0 amide bonds. The fourth-order valence-corrected chi connectivity index (χ4v) is 4.04. The van der Waals surface area contributed by atoms with Crippen molar-refractivity contribution in [2.45, 2.75) is 62.9 Å². The summed E-state index contributed by atoms with van der Waals surface area (Å²) in [4.78, 5) is 0. The molecule has 0 aromatic carbocycles. The molecule has 2 aliphatic carbocycles. The highest BCUT2D eigenvalue weighted by molar-refractivity contribution is 5.04. The van der Waals surface area contributed by atoms with E-state index in [9.17, 15) is 31.4 Å². The number of halogens is 6. The Morgan fingerprint density at radius 1 is 0.700 bits per heavy atom. The van der Waals surface area contributed by atoms with Gasteiger partial charge in [-0.1, -0.05) is 32.1 Å². The highest BCUT2D eigenvalue weighted by Gasteiger charge is 2.74. The number of aliphatic hydroxyl groups is 1. The van der Waals surface area contributed by atoms with Gasteiger partial charge >= 0.3 is 12.4 Å². The fraction of sp³-hybridized carbons (Fsp3) is 1.00.